The number of benzene rings is 3. The molecule has 0 radical (unpaired) electrons. The van der Waals surface area contributed by atoms with Crippen molar-refractivity contribution in [2.75, 3.05) is 6.61 Å². The van der Waals surface area contributed by atoms with Gasteiger partial charge < -0.3 is 5.11 Å². The highest BCUT2D eigenvalue weighted by Crippen LogP contribution is 2.40. The smallest absolute Gasteiger partial charge is 0.196 e. The van der Waals surface area contributed by atoms with Crippen LogP contribution in [0, 0.1) is 5.92 Å². The summed E-state index contributed by atoms with van der Waals surface area (Å²) in [5.41, 5.74) is 0.545. The Kier molecular flexibility index (Phi) is 6.75. The largest absolute Gasteiger partial charge is 0.396 e. The van der Waals surface area contributed by atoms with Gasteiger partial charge in [0.25, 0.3) is 0 Å². The van der Waals surface area contributed by atoms with Crippen molar-refractivity contribution in [3.63, 3.8) is 0 Å². The molecule has 0 saturated heterocycles. The van der Waals surface area contributed by atoms with Gasteiger partial charge in [0.1, 0.15) is 0 Å². The molecular weight excluding hydrogens is 420 g/mol. The van der Waals surface area contributed by atoms with E-state index in [1.54, 1.807) is 73.7 Å². The molecule has 0 unspecified atom stereocenters. The fourth-order valence-electron chi connectivity index (χ4n) is 3.58. The predicted octanol–water partition coefficient (Wildman–Crippen LogP) is 3.67. The molecule has 0 amide bonds. The lowest BCUT2D eigenvalue weighted by molar-refractivity contribution is 0.218. The zero-order chi connectivity index (χ0) is 21.8. The van der Waals surface area contributed by atoms with E-state index in [1.807, 2.05) is 0 Å². The highest BCUT2D eigenvalue weighted by Gasteiger charge is 2.47. The van der Waals surface area contributed by atoms with E-state index in [4.69, 9.17) is 0 Å². The van der Waals surface area contributed by atoms with Gasteiger partial charge in [0.2, 0.25) is 0 Å². The van der Waals surface area contributed by atoms with Gasteiger partial charge in [-0.05, 0) is 35.7 Å². The minimum atomic E-state index is -4.31. The van der Waals surface area contributed by atoms with Crippen LogP contribution in [-0.4, -0.2) is 33.1 Å². The lowest BCUT2D eigenvalue weighted by Gasteiger charge is -2.31. The number of aliphatic hydroxyl groups excluding tert-OH is 1. The quantitative estimate of drug-likeness (QED) is 0.573. The topological polar surface area (TPSA) is 88.5 Å². The van der Waals surface area contributed by atoms with Crippen LogP contribution in [0.1, 0.15) is 18.4 Å². The minimum absolute atomic E-state index is 0.0689. The van der Waals surface area contributed by atoms with Gasteiger partial charge in [0.15, 0.2) is 24.3 Å². The van der Waals surface area contributed by atoms with E-state index in [2.05, 4.69) is 0 Å². The first kappa shape index (κ1) is 22.2. The molecule has 3 aromatic rings. The van der Waals surface area contributed by atoms with Gasteiger partial charge >= 0.3 is 0 Å². The van der Waals surface area contributed by atoms with E-state index in [-0.39, 0.29) is 16.4 Å². The van der Waals surface area contributed by atoms with Crippen LogP contribution in [0.2, 0.25) is 0 Å². The van der Waals surface area contributed by atoms with Gasteiger partial charge in [-0.3, -0.25) is 0 Å². The number of aliphatic hydroxyl groups is 1. The van der Waals surface area contributed by atoms with Crippen LogP contribution in [0.4, 0.5) is 0 Å². The number of rotatable bonds is 8. The van der Waals surface area contributed by atoms with Gasteiger partial charge in [-0.25, -0.2) is 16.8 Å². The first-order valence-electron chi connectivity index (χ1n) is 9.54. The summed E-state index contributed by atoms with van der Waals surface area (Å²) in [7, 11) is -8.62. The molecule has 5 nitrogen and oxygen atoms in total. The molecule has 0 aliphatic carbocycles. The van der Waals surface area contributed by atoms with E-state index in [9.17, 15) is 21.9 Å². The second-order valence-electron chi connectivity index (χ2n) is 7.18. The zero-order valence-corrected chi connectivity index (χ0v) is 18.1. The Labute approximate surface area is 177 Å². The Hall–Kier alpha value is -2.48. The molecule has 0 spiro atoms. The van der Waals surface area contributed by atoms with Gasteiger partial charge in [0, 0.05) is 12.5 Å². The van der Waals surface area contributed by atoms with E-state index < -0.39 is 36.1 Å². The number of sulfone groups is 2. The summed E-state index contributed by atoms with van der Waals surface area (Å²) in [5.74, 6) is -1.58. The molecule has 3 aromatic carbocycles. The van der Waals surface area contributed by atoms with E-state index >= 15 is 0 Å². The van der Waals surface area contributed by atoms with Gasteiger partial charge in [-0.1, -0.05) is 73.7 Å². The Balaban J connectivity index is 2.32. The Bertz CT molecular complexity index is 1090. The van der Waals surface area contributed by atoms with Crippen molar-refractivity contribution in [2.24, 2.45) is 5.92 Å². The highest BCUT2D eigenvalue weighted by atomic mass is 32.3. The van der Waals surface area contributed by atoms with Crippen LogP contribution in [-0.2, 0) is 19.7 Å². The summed E-state index contributed by atoms with van der Waals surface area (Å²) >= 11 is 0. The molecule has 30 heavy (non-hydrogen) atoms. The zero-order valence-electron chi connectivity index (χ0n) is 16.5. The fraction of sp³-hybridized carbons (Fsp3) is 0.217. The SMILES string of the molecule is C[C@@H](CO)[C@@H](c1ccccc1)C(S(=O)(=O)c1ccccc1)S(=O)(=O)c1ccccc1. The summed E-state index contributed by atoms with van der Waals surface area (Å²) in [6.07, 6.45) is 0. The third kappa shape index (κ3) is 4.33. The standard InChI is InChI=1S/C23H24O5S2/c1-18(17-24)22(19-11-5-2-6-12-19)23(29(25,26)20-13-7-3-8-14-20)30(27,28)21-15-9-4-10-16-21/h2-16,18,22-24H,17H2,1H3/t18-,22-/m0/s1. The van der Waals surface area contributed by atoms with Crippen LogP contribution in [0.3, 0.4) is 0 Å². The fourth-order valence-corrected chi connectivity index (χ4v) is 8.82. The predicted molar refractivity (Wildman–Crippen MR) is 116 cm³/mol. The Morgan fingerprint density at radius 2 is 1.03 bits per heavy atom. The maximum atomic E-state index is 13.7. The average Bonchev–Trinajstić information content (AvgIpc) is 2.78. The Morgan fingerprint density at radius 3 is 1.40 bits per heavy atom. The Morgan fingerprint density at radius 1 is 0.667 bits per heavy atom. The molecule has 0 saturated carbocycles. The second-order valence-corrected chi connectivity index (χ2v) is 11.6. The van der Waals surface area contributed by atoms with Crippen LogP contribution in [0.5, 0.6) is 0 Å². The molecule has 0 heterocycles. The second kappa shape index (κ2) is 9.12. The van der Waals surface area contributed by atoms with E-state index in [0.29, 0.717) is 5.56 Å². The molecule has 2 atom stereocenters. The highest BCUT2D eigenvalue weighted by molar-refractivity contribution is 8.09. The molecule has 7 heteroatoms. The molecule has 0 bridgehead atoms. The monoisotopic (exact) mass is 444 g/mol. The molecule has 0 aliphatic rings. The number of hydrogen-bond acceptors (Lipinski definition) is 5. The molecule has 158 valence electrons. The lowest BCUT2D eigenvalue weighted by atomic mass is 9.89. The van der Waals surface area contributed by atoms with Crippen molar-refractivity contribution in [1.82, 2.24) is 0 Å². The van der Waals surface area contributed by atoms with Gasteiger partial charge in [-0.2, -0.15) is 0 Å². The molecule has 3 rings (SSSR count). The van der Waals surface area contributed by atoms with Crippen LogP contribution < -0.4 is 0 Å². The maximum absolute atomic E-state index is 13.7. The minimum Gasteiger partial charge on any atom is -0.396 e. The molecular formula is C23H24O5S2. The summed E-state index contributed by atoms with van der Waals surface area (Å²) < 4.78 is 53.1. The summed E-state index contributed by atoms with van der Waals surface area (Å²) in [4.78, 5) is -0.138. The molecule has 0 fully saturated rings. The van der Waals surface area contributed by atoms with Crippen molar-refractivity contribution in [2.45, 2.75) is 27.2 Å². The molecule has 0 aromatic heterocycles. The van der Waals surface area contributed by atoms with Crippen LogP contribution >= 0.6 is 0 Å². The average molecular weight is 445 g/mol. The number of hydrogen-bond donors (Lipinski definition) is 1. The first-order chi connectivity index (χ1) is 14.3. The van der Waals surface area contributed by atoms with Crippen molar-refractivity contribution in [3.8, 4) is 0 Å². The molecule has 0 aliphatic heterocycles. The van der Waals surface area contributed by atoms with Crippen molar-refractivity contribution >= 4 is 19.7 Å². The summed E-state index contributed by atoms with van der Waals surface area (Å²) in [6.45, 7) is 1.30. The molecule has 1 N–H and O–H groups in total. The van der Waals surface area contributed by atoms with Crippen molar-refractivity contribution < 1.29 is 21.9 Å². The van der Waals surface area contributed by atoms with E-state index in [1.165, 1.54) is 24.3 Å². The van der Waals surface area contributed by atoms with E-state index in [0.717, 1.165) is 0 Å². The maximum Gasteiger partial charge on any atom is 0.196 e. The van der Waals surface area contributed by atoms with Crippen molar-refractivity contribution in [1.29, 1.82) is 0 Å². The van der Waals surface area contributed by atoms with Gasteiger partial charge in [-0.15, -0.1) is 0 Å². The van der Waals surface area contributed by atoms with Crippen LogP contribution in [0.25, 0.3) is 0 Å². The summed E-state index contributed by atoms with van der Waals surface area (Å²) in [5, 5.41) is 9.90. The third-order valence-corrected chi connectivity index (χ3v) is 10.3. The first-order valence-corrected chi connectivity index (χ1v) is 12.6. The summed E-state index contributed by atoms with van der Waals surface area (Å²) in [6, 6.07) is 23.8. The third-order valence-electron chi connectivity index (χ3n) is 5.13. The van der Waals surface area contributed by atoms with Crippen molar-refractivity contribution in [3.05, 3.63) is 96.6 Å². The van der Waals surface area contributed by atoms with Crippen LogP contribution in [0.15, 0.2) is 101 Å². The lowest BCUT2D eigenvalue weighted by Crippen LogP contribution is -2.40. The van der Waals surface area contributed by atoms with Gasteiger partial charge in [0.05, 0.1) is 9.79 Å². The normalized spacial score (nSPS) is 14.4.